The largest absolute Gasteiger partial charge is 0.325 e. The van der Waals surface area contributed by atoms with Gasteiger partial charge in [-0.1, -0.05) is 26.0 Å². The molecule has 6 nitrogen and oxygen atoms in total. The molecule has 2 aromatic heterocycles. The summed E-state index contributed by atoms with van der Waals surface area (Å²) in [7, 11) is 0. The highest BCUT2D eigenvalue weighted by atomic mass is 16.2. The van der Waals surface area contributed by atoms with Crippen molar-refractivity contribution in [3.63, 3.8) is 0 Å². The number of allylic oxidation sites excluding steroid dienone is 3. The number of nitrogens with zero attached hydrogens (tertiary/aromatic N) is 3. The molecule has 136 valence electrons. The topological polar surface area (TPSA) is 75.8 Å². The molecule has 2 aliphatic rings. The zero-order valence-corrected chi connectivity index (χ0v) is 15.4. The fourth-order valence-corrected chi connectivity index (χ4v) is 3.56. The van der Waals surface area contributed by atoms with Crippen LogP contribution in [0, 0.1) is 18.8 Å². The number of rotatable bonds is 2. The molecule has 1 aliphatic heterocycles. The van der Waals surface area contributed by atoms with E-state index in [-0.39, 0.29) is 23.7 Å². The van der Waals surface area contributed by atoms with Crippen molar-refractivity contribution in [2.24, 2.45) is 16.8 Å². The lowest BCUT2D eigenvalue weighted by atomic mass is 9.82. The van der Waals surface area contributed by atoms with Gasteiger partial charge >= 0.3 is 0 Å². The van der Waals surface area contributed by atoms with Gasteiger partial charge in [0.25, 0.3) is 5.91 Å². The summed E-state index contributed by atoms with van der Waals surface area (Å²) < 4.78 is 1.74. The fourth-order valence-electron chi connectivity index (χ4n) is 3.56. The van der Waals surface area contributed by atoms with Gasteiger partial charge in [-0.3, -0.25) is 14.0 Å². The number of pyridine rings is 1. The Morgan fingerprint density at radius 1 is 1.30 bits per heavy atom. The zero-order chi connectivity index (χ0) is 19.1. The maximum Gasteiger partial charge on any atom is 0.296 e. The first-order valence-electron chi connectivity index (χ1n) is 8.93. The van der Waals surface area contributed by atoms with Crippen molar-refractivity contribution in [3.05, 3.63) is 71.4 Å². The Balaban J connectivity index is 1.69. The second-order valence-electron chi connectivity index (χ2n) is 7.04. The molecule has 1 N–H and O–H groups in total. The predicted octanol–water partition coefficient (Wildman–Crippen LogP) is 3.01. The number of amides is 2. The van der Waals surface area contributed by atoms with Gasteiger partial charge in [0.15, 0.2) is 0 Å². The quantitative estimate of drug-likeness (QED) is 0.894. The zero-order valence-electron chi connectivity index (χ0n) is 15.4. The molecule has 27 heavy (non-hydrogen) atoms. The van der Waals surface area contributed by atoms with Crippen molar-refractivity contribution in [1.82, 2.24) is 14.7 Å². The Kier molecular flexibility index (Phi) is 4.11. The van der Waals surface area contributed by atoms with Gasteiger partial charge in [0.05, 0.1) is 11.4 Å². The lowest BCUT2D eigenvalue weighted by Crippen LogP contribution is -2.34. The third-order valence-corrected chi connectivity index (χ3v) is 4.83. The fraction of sp³-hybridized carbons (Fsp3) is 0.238. The van der Waals surface area contributed by atoms with Gasteiger partial charge in [0.1, 0.15) is 11.3 Å². The van der Waals surface area contributed by atoms with Gasteiger partial charge < -0.3 is 5.32 Å². The van der Waals surface area contributed by atoms with Gasteiger partial charge in [0.2, 0.25) is 5.91 Å². The number of carbonyl (C=O) groups is 2. The molecule has 0 spiro atoms. The Morgan fingerprint density at radius 2 is 2.11 bits per heavy atom. The smallest absolute Gasteiger partial charge is 0.296 e. The number of aryl methyl sites for hydroxylation is 1. The summed E-state index contributed by atoms with van der Waals surface area (Å²) in [5, 5.41) is 2.87. The number of carbonyl (C=O) groups excluding carboxylic acids is 2. The molecule has 0 radical (unpaired) electrons. The van der Waals surface area contributed by atoms with Crippen molar-refractivity contribution in [2.75, 3.05) is 0 Å². The van der Waals surface area contributed by atoms with Crippen LogP contribution in [0.4, 0.5) is 0 Å². The van der Waals surface area contributed by atoms with E-state index in [1.807, 2.05) is 30.4 Å². The Hall–Kier alpha value is -3.28. The molecule has 0 saturated heterocycles. The second kappa shape index (κ2) is 6.46. The first kappa shape index (κ1) is 17.1. The van der Waals surface area contributed by atoms with E-state index in [0.29, 0.717) is 22.7 Å². The Labute approximate surface area is 157 Å². The van der Waals surface area contributed by atoms with E-state index in [0.717, 1.165) is 11.3 Å². The molecular weight excluding hydrogens is 340 g/mol. The summed E-state index contributed by atoms with van der Waals surface area (Å²) in [5.74, 6) is -0.216. The van der Waals surface area contributed by atoms with Crippen LogP contribution in [0.2, 0.25) is 0 Å². The van der Waals surface area contributed by atoms with Crippen LogP contribution in [0.3, 0.4) is 0 Å². The first-order valence-corrected chi connectivity index (χ1v) is 8.93. The van der Waals surface area contributed by atoms with E-state index in [1.165, 1.54) is 0 Å². The molecule has 1 atom stereocenters. The average molecular weight is 360 g/mol. The summed E-state index contributed by atoms with van der Waals surface area (Å²) in [5.41, 5.74) is 4.13. The number of nitrogens with one attached hydrogen (secondary N) is 1. The molecule has 1 unspecified atom stereocenters. The van der Waals surface area contributed by atoms with Crippen LogP contribution in [-0.2, 0) is 4.79 Å². The van der Waals surface area contributed by atoms with Crippen LogP contribution in [0.15, 0.2) is 65.0 Å². The summed E-state index contributed by atoms with van der Waals surface area (Å²) >= 11 is 0. The average Bonchev–Trinajstić information content (AvgIpc) is 2.96. The highest BCUT2D eigenvalue weighted by Crippen LogP contribution is 2.31. The third-order valence-electron chi connectivity index (χ3n) is 4.83. The lowest BCUT2D eigenvalue weighted by molar-refractivity contribution is -0.116. The molecular formula is C21H20N4O2. The minimum Gasteiger partial charge on any atom is -0.325 e. The van der Waals surface area contributed by atoms with Crippen LogP contribution in [0.25, 0.3) is 5.65 Å². The summed E-state index contributed by atoms with van der Waals surface area (Å²) in [6.07, 6.45) is 9.04. The molecule has 6 heteroatoms. The number of hydrogen-bond donors (Lipinski definition) is 1. The maximum absolute atomic E-state index is 12.8. The summed E-state index contributed by atoms with van der Waals surface area (Å²) in [4.78, 5) is 33.4. The van der Waals surface area contributed by atoms with Crippen molar-refractivity contribution >= 4 is 23.2 Å². The van der Waals surface area contributed by atoms with Gasteiger partial charge in [-0.2, -0.15) is 0 Å². The minimum absolute atomic E-state index is 0.0225. The van der Waals surface area contributed by atoms with E-state index >= 15 is 0 Å². The van der Waals surface area contributed by atoms with Crippen LogP contribution < -0.4 is 5.32 Å². The lowest BCUT2D eigenvalue weighted by Gasteiger charge is -2.29. The molecule has 2 aromatic rings. The van der Waals surface area contributed by atoms with E-state index in [1.54, 1.807) is 29.7 Å². The van der Waals surface area contributed by atoms with Crippen LogP contribution in [-0.4, -0.2) is 26.9 Å². The minimum atomic E-state index is -0.358. The Morgan fingerprint density at radius 3 is 2.89 bits per heavy atom. The third kappa shape index (κ3) is 3.03. The van der Waals surface area contributed by atoms with Crippen LogP contribution in [0.5, 0.6) is 0 Å². The predicted molar refractivity (Wildman–Crippen MR) is 103 cm³/mol. The SMILES string of the molecule is Cc1nc2ccccn2c1C(=O)N=C1C=CC2C(=C1)NC(=O)C=C2C(C)C. The molecule has 3 heterocycles. The number of fused-ring (bicyclic) bond motifs is 2. The number of imidazole rings is 1. The monoisotopic (exact) mass is 360 g/mol. The molecule has 0 saturated carbocycles. The van der Waals surface area contributed by atoms with Crippen molar-refractivity contribution in [2.45, 2.75) is 20.8 Å². The number of aromatic nitrogens is 2. The highest BCUT2D eigenvalue weighted by molar-refractivity contribution is 6.14. The maximum atomic E-state index is 12.8. The van der Waals surface area contributed by atoms with Gasteiger partial charge in [-0.05, 0) is 42.7 Å². The Bertz CT molecular complexity index is 1080. The van der Waals surface area contributed by atoms with Gasteiger partial charge in [-0.25, -0.2) is 9.98 Å². The molecule has 0 fully saturated rings. The highest BCUT2D eigenvalue weighted by Gasteiger charge is 2.28. The van der Waals surface area contributed by atoms with E-state index in [2.05, 4.69) is 29.1 Å². The standard InChI is InChI=1S/C21H20N4O2/c1-12(2)16-11-19(26)24-17-10-14(7-8-15(16)17)23-21(27)20-13(3)22-18-6-4-5-9-25(18)20/h4-12,15H,1-3H3,(H,24,26). The van der Waals surface area contributed by atoms with E-state index < -0.39 is 0 Å². The second-order valence-corrected chi connectivity index (χ2v) is 7.04. The van der Waals surface area contributed by atoms with Crippen LogP contribution >= 0.6 is 0 Å². The summed E-state index contributed by atoms with van der Waals surface area (Å²) in [6, 6.07) is 5.58. The summed E-state index contributed by atoms with van der Waals surface area (Å²) in [6.45, 7) is 5.93. The van der Waals surface area contributed by atoms with Crippen molar-refractivity contribution in [3.8, 4) is 0 Å². The van der Waals surface area contributed by atoms with E-state index in [4.69, 9.17) is 0 Å². The molecule has 0 bridgehead atoms. The number of hydrogen-bond acceptors (Lipinski definition) is 3. The normalized spacial score (nSPS) is 20.5. The molecule has 2 amide bonds. The molecule has 1 aliphatic carbocycles. The van der Waals surface area contributed by atoms with Gasteiger partial charge in [-0.15, -0.1) is 0 Å². The first-order chi connectivity index (χ1) is 12.9. The van der Waals surface area contributed by atoms with Crippen molar-refractivity contribution < 1.29 is 9.59 Å². The van der Waals surface area contributed by atoms with E-state index in [9.17, 15) is 9.59 Å². The molecule has 4 rings (SSSR count). The van der Waals surface area contributed by atoms with Gasteiger partial charge in [0, 0.05) is 23.9 Å². The van der Waals surface area contributed by atoms with Crippen LogP contribution in [0.1, 0.15) is 30.0 Å². The molecule has 0 aromatic carbocycles. The number of aliphatic imine (C=N–C) groups is 1. The van der Waals surface area contributed by atoms with Crippen molar-refractivity contribution in [1.29, 1.82) is 0 Å².